The predicted octanol–water partition coefficient (Wildman–Crippen LogP) is 1.49. The van der Waals surface area contributed by atoms with E-state index in [-0.39, 0.29) is 5.91 Å². The number of hydrogen-bond acceptors (Lipinski definition) is 5. The highest BCUT2D eigenvalue weighted by Gasteiger charge is 2.52. The second-order valence-corrected chi connectivity index (χ2v) is 7.37. The van der Waals surface area contributed by atoms with Gasteiger partial charge >= 0.3 is 0 Å². The van der Waals surface area contributed by atoms with Crippen LogP contribution < -0.4 is 10.6 Å². The van der Waals surface area contributed by atoms with Crippen molar-refractivity contribution in [1.82, 2.24) is 9.88 Å². The molecule has 0 bridgehead atoms. The molecule has 1 aromatic heterocycles. The summed E-state index contributed by atoms with van der Waals surface area (Å²) < 4.78 is 0. The summed E-state index contributed by atoms with van der Waals surface area (Å²) in [5.41, 5.74) is 5.30. The van der Waals surface area contributed by atoms with Crippen LogP contribution in [0.25, 0.3) is 0 Å². The molecule has 2 aliphatic rings. The van der Waals surface area contributed by atoms with Gasteiger partial charge in [-0.25, -0.2) is 4.98 Å². The van der Waals surface area contributed by atoms with Gasteiger partial charge in [-0.1, -0.05) is 19.1 Å². The molecule has 0 spiro atoms. The molecule has 1 aliphatic carbocycles. The lowest BCUT2D eigenvalue weighted by molar-refractivity contribution is -0.144. The molecular weight excluding hydrogens is 304 g/mol. The number of thiazole rings is 1. The maximum absolute atomic E-state index is 12.8. The minimum Gasteiger partial charge on any atom is -0.392 e. The van der Waals surface area contributed by atoms with Gasteiger partial charge in [-0.05, 0) is 18.8 Å². The van der Waals surface area contributed by atoms with Gasteiger partial charge in [0.2, 0.25) is 5.91 Å². The lowest BCUT2D eigenvalue weighted by atomic mass is 9.61. The van der Waals surface area contributed by atoms with E-state index in [2.05, 4.69) is 16.8 Å². The van der Waals surface area contributed by atoms with Crippen molar-refractivity contribution < 1.29 is 4.79 Å². The van der Waals surface area contributed by atoms with Crippen LogP contribution in [0.15, 0.2) is 11.6 Å². The Hall–Kier alpha value is -1.21. The highest BCUT2D eigenvalue weighted by atomic mass is 32.1. The van der Waals surface area contributed by atoms with Crippen molar-refractivity contribution in [3.05, 3.63) is 11.6 Å². The van der Waals surface area contributed by atoms with Crippen molar-refractivity contribution >= 4 is 39.6 Å². The zero-order valence-electron chi connectivity index (χ0n) is 12.1. The highest BCUT2D eigenvalue weighted by molar-refractivity contribution is 7.80. The second kappa shape index (κ2) is 5.53. The standard InChI is InChI=1S/C14H20N4OS2/c1-10-8-14(9-10,11(15)20)12(19)17-3-5-18(6-4-17)13-16-2-7-21-13/h2,7,10H,3-6,8-9H2,1H3,(H2,15,20). The van der Waals surface area contributed by atoms with E-state index in [9.17, 15) is 4.79 Å². The lowest BCUT2D eigenvalue weighted by Crippen LogP contribution is -2.60. The molecule has 1 amide bonds. The number of amides is 1. The molecule has 1 saturated heterocycles. The molecule has 21 heavy (non-hydrogen) atoms. The third-order valence-corrected chi connectivity index (χ3v) is 5.75. The molecule has 0 aromatic carbocycles. The fraction of sp³-hybridized carbons (Fsp3) is 0.643. The van der Waals surface area contributed by atoms with Crippen molar-refractivity contribution in [1.29, 1.82) is 0 Å². The van der Waals surface area contributed by atoms with Crippen LogP contribution in [-0.4, -0.2) is 47.0 Å². The third kappa shape index (κ3) is 2.53. The molecule has 2 N–H and O–H groups in total. The number of carbonyl (C=O) groups is 1. The minimum absolute atomic E-state index is 0.131. The van der Waals surface area contributed by atoms with Crippen LogP contribution in [0.3, 0.4) is 0 Å². The largest absolute Gasteiger partial charge is 0.392 e. The van der Waals surface area contributed by atoms with Gasteiger partial charge in [-0.3, -0.25) is 4.79 Å². The zero-order valence-corrected chi connectivity index (χ0v) is 13.8. The van der Waals surface area contributed by atoms with Crippen LogP contribution >= 0.6 is 23.6 Å². The van der Waals surface area contributed by atoms with E-state index in [1.807, 2.05) is 16.5 Å². The maximum Gasteiger partial charge on any atom is 0.235 e. The molecular formula is C14H20N4OS2. The number of thiocarbonyl (C=S) groups is 1. The fourth-order valence-electron chi connectivity index (χ4n) is 3.39. The summed E-state index contributed by atoms with van der Waals surface area (Å²) >= 11 is 6.82. The first-order valence-corrected chi connectivity index (χ1v) is 8.55. The number of aromatic nitrogens is 1. The average molecular weight is 324 g/mol. The molecule has 2 fully saturated rings. The summed E-state index contributed by atoms with van der Waals surface area (Å²) in [4.78, 5) is 21.7. The Balaban J connectivity index is 1.64. The summed E-state index contributed by atoms with van der Waals surface area (Å²) in [5, 5.41) is 3.01. The number of hydrogen-bond donors (Lipinski definition) is 1. The number of anilines is 1. The van der Waals surface area contributed by atoms with E-state index >= 15 is 0 Å². The van der Waals surface area contributed by atoms with Crippen LogP contribution in [0.4, 0.5) is 5.13 Å². The van der Waals surface area contributed by atoms with E-state index in [1.54, 1.807) is 11.3 Å². The molecule has 1 saturated carbocycles. The molecule has 114 valence electrons. The van der Waals surface area contributed by atoms with Crippen molar-refractivity contribution in [3.8, 4) is 0 Å². The van der Waals surface area contributed by atoms with Crippen LogP contribution in [0.2, 0.25) is 0 Å². The first kappa shape index (κ1) is 14.7. The maximum atomic E-state index is 12.8. The molecule has 1 aliphatic heterocycles. The molecule has 2 heterocycles. The first-order chi connectivity index (χ1) is 10.0. The Bertz CT molecular complexity index is 531. The van der Waals surface area contributed by atoms with Gasteiger partial charge in [0, 0.05) is 37.8 Å². The van der Waals surface area contributed by atoms with Crippen LogP contribution in [0, 0.1) is 11.3 Å². The monoisotopic (exact) mass is 324 g/mol. The Labute approximate surface area is 134 Å². The lowest BCUT2D eigenvalue weighted by Gasteiger charge is -2.48. The number of nitrogens with two attached hydrogens (primary N) is 1. The minimum atomic E-state index is -0.571. The summed E-state index contributed by atoms with van der Waals surface area (Å²) in [7, 11) is 0. The van der Waals surface area contributed by atoms with Gasteiger partial charge < -0.3 is 15.5 Å². The van der Waals surface area contributed by atoms with Crippen LogP contribution in [-0.2, 0) is 4.79 Å². The van der Waals surface area contributed by atoms with Gasteiger partial charge in [0.1, 0.15) is 0 Å². The molecule has 7 heteroatoms. The number of carbonyl (C=O) groups excluding carboxylic acids is 1. The molecule has 0 radical (unpaired) electrons. The highest BCUT2D eigenvalue weighted by Crippen LogP contribution is 2.47. The summed E-state index contributed by atoms with van der Waals surface area (Å²) in [6.45, 7) is 5.23. The quantitative estimate of drug-likeness (QED) is 0.854. The normalized spacial score (nSPS) is 29.1. The van der Waals surface area contributed by atoms with Gasteiger partial charge in [0.05, 0.1) is 10.4 Å². The number of nitrogens with zero attached hydrogens (tertiary/aromatic N) is 3. The Morgan fingerprint density at radius 3 is 2.57 bits per heavy atom. The van der Waals surface area contributed by atoms with Crippen molar-refractivity contribution in [3.63, 3.8) is 0 Å². The van der Waals surface area contributed by atoms with Gasteiger partial charge in [-0.15, -0.1) is 11.3 Å². The average Bonchev–Trinajstić information content (AvgIpc) is 2.97. The zero-order chi connectivity index (χ0) is 15.0. The fourth-order valence-corrected chi connectivity index (χ4v) is 4.34. The topological polar surface area (TPSA) is 62.5 Å². The third-order valence-electron chi connectivity index (χ3n) is 4.53. The molecule has 3 rings (SSSR count). The summed E-state index contributed by atoms with van der Waals surface area (Å²) in [6.07, 6.45) is 3.41. The smallest absolute Gasteiger partial charge is 0.235 e. The van der Waals surface area contributed by atoms with Gasteiger partial charge in [0.15, 0.2) is 5.13 Å². The first-order valence-electron chi connectivity index (χ1n) is 7.26. The van der Waals surface area contributed by atoms with E-state index < -0.39 is 5.41 Å². The van der Waals surface area contributed by atoms with E-state index in [0.29, 0.717) is 10.9 Å². The molecule has 1 aromatic rings. The van der Waals surface area contributed by atoms with Crippen molar-refractivity contribution in [2.45, 2.75) is 19.8 Å². The van der Waals surface area contributed by atoms with Gasteiger partial charge in [0.25, 0.3) is 0 Å². The van der Waals surface area contributed by atoms with E-state index in [1.165, 1.54) is 0 Å². The molecule has 0 atom stereocenters. The van der Waals surface area contributed by atoms with Crippen molar-refractivity contribution in [2.75, 3.05) is 31.1 Å². The molecule has 5 nitrogen and oxygen atoms in total. The number of rotatable bonds is 3. The molecule has 0 unspecified atom stereocenters. The Kier molecular flexibility index (Phi) is 3.88. The number of piperazine rings is 1. The Morgan fingerprint density at radius 1 is 1.43 bits per heavy atom. The van der Waals surface area contributed by atoms with E-state index in [4.69, 9.17) is 18.0 Å². The van der Waals surface area contributed by atoms with E-state index in [0.717, 1.165) is 44.2 Å². The Morgan fingerprint density at radius 2 is 2.10 bits per heavy atom. The second-order valence-electron chi connectivity index (χ2n) is 6.05. The summed E-state index contributed by atoms with van der Waals surface area (Å²) in [5.74, 6) is 0.666. The van der Waals surface area contributed by atoms with Crippen LogP contribution in [0.5, 0.6) is 0 Å². The SMILES string of the molecule is CC1CC(C(=O)N2CCN(c3nccs3)CC2)(C(N)=S)C1. The predicted molar refractivity (Wildman–Crippen MR) is 88.5 cm³/mol. The van der Waals surface area contributed by atoms with Crippen LogP contribution in [0.1, 0.15) is 19.8 Å². The summed E-state index contributed by atoms with van der Waals surface area (Å²) in [6, 6.07) is 0. The van der Waals surface area contributed by atoms with Crippen molar-refractivity contribution in [2.24, 2.45) is 17.1 Å². The van der Waals surface area contributed by atoms with Gasteiger partial charge in [-0.2, -0.15) is 0 Å².